The van der Waals surface area contributed by atoms with Crippen LogP contribution in [0.2, 0.25) is 0 Å². The molecule has 0 aromatic heterocycles. The molecule has 4 rings (SSSR count). The maximum absolute atomic E-state index is 13.6. The van der Waals surface area contributed by atoms with E-state index in [-0.39, 0.29) is 17.7 Å². The highest BCUT2D eigenvalue weighted by atomic mass is 19.1. The lowest BCUT2D eigenvalue weighted by atomic mass is 10.1. The lowest BCUT2D eigenvalue weighted by Crippen LogP contribution is -2.21. The molecule has 3 aromatic rings. The molecule has 0 radical (unpaired) electrons. The van der Waals surface area contributed by atoms with Gasteiger partial charge in [0.15, 0.2) is 0 Å². The van der Waals surface area contributed by atoms with Crippen LogP contribution < -0.4 is 15.8 Å². The quantitative estimate of drug-likeness (QED) is 0.547. The SMILES string of the molecule is NCCc1cc(F)ccc1Oc1cccc2c1CCC2NCCc1cccc(F)c1. The zero-order valence-electron chi connectivity index (χ0n) is 16.8. The van der Waals surface area contributed by atoms with Gasteiger partial charge >= 0.3 is 0 Å². The van der Waals surface area contributed by atoms with Gasteiger partial charge in [0.25, 0.3) is 0 Å². The van der Waals surface area contributed by atoms with Gasteiger partial charge in [-0.2, -0.15) is 0 Å². The van der Waals surface area contributed by atoms with Gasteiger partial charge in [-0.3, -0.25) is 0 Å². The van der Waals surface area contributed by atoms with Crippen LogP contribution in [0.15, 0.2) is 60.7 Å². The van der Waals surface area contributed by atoms with E-state index in [1.165, 1.54) is 29.3 Å². The lowest BCUT2D eigenvalue weighted by Gasteiger charge is -2.16. The molecular weight excluding hydrogens is 382 g/mol. The zero-order chi connectivity index (χ0) is 20.9. The topological polar surface area (TPSA) is 47.3 Å². The zero-order valence-corrected chi connectivity index (χ0v) is 16.8. The highest BCUT2D eigenvalue weighted by Gasteiger charge is 2.25. The third-order valence-corrected chi connectivity index (χ3v) is 5.58. The van der Waals surface area contributed by atoms with Crippen molar-refractivity contribution in [2.24, 2.45) is 5.73 Å². The number of fused-ring (bicyclic) bond motifs is 1. The third-order valence-electron chi connectivity index (χ3n) is 5.58. The molecule has 3 nitrogen and oxygen atoms in total. The summed E-state index contributed by atoms with van der Waals surface area (Å²) in [7, 11) is 0. The average Bonchev–Trinajstić information content (AvgIpc) is 3.14. The third kappa shape index (κ3) is 4.69. The summed E-state index contributed by atoms with van der Waals surface area (Å²) in [5.41, 5.74) is 9.85. The number of hydrogen-bond donors (Lipinski definition) is 2. The smallest absolute Gasteiger partial charge is 0.130 e. The number of halogens is 2. The number of ether oxygens (including phenoxy) is 1. The van der Waals surface area contributed by atoms with Crippen molar-refractivity contribution >= 4 is 0 Å². The number of benzene rings is 3. The number of rotatable bonds is 8. The van der Waals surface area contributed by atoms with Gasteiger partial charge < -0.3 is 15.8 Å². The summed E-state index contributed by atoms with van der Waals surface area (Å²) >= 11 is 0. The summed E-state index contributed by atoms with van der Waals surface area (Å²) in [4.78, 5) is 0. The van der Waals surface area contributed by atoms with Crippen LogP contribution >= 0.6 is 0 Å². The first kappa shape index (κ1) is 20.5. The summed E-state index contributed by atoms with van der Waals surface area (Å²) in [5.74, 6) is 0.978. The first-order chi connectivity index (χ1) is 14.6. The minimum atomic E-state index is -0.286. The summed E-state index contributed by atoms with van der Waals surface area (Å²) in [6.07, 6.45) is 3.23. The lowest BCUT2D eigenvalue weighted by molar-refractivity contribution is 0.468. The van der Waals surface area contributed by atoms with Crippen LogP contribution in [-0.2, 0) is 19.3 Å². The summed E-state index contributed by atoms with van der Waals surface area (Å²) in [6, 6.07) is 17.6. The van der Waals surface area contributed by atoms with E-state index in [0.29, 0.717) is 18.7 Å². The molecule has 0 saturated carbocycles. The van der Waals surface area contributed by atoms with Gasteiger partial charge in [0.05, 0.1) is 0 Å². The van der Waals surface area contributed by atoms with Crippen LogP contribution in [0.1, 0.15) is 34.7 Å². The molecule has 1 aliphatic rings. The van der Waals surface area contributed by atoms with Crippen LogP contribution in [0, 0.1) is 11.6 Å². The molecule has 30 heavy (non-hydrogen) atoms. The Morgan fingerprint density at radius 3 is 2.60 bits per heavy atom. The number of nitrogens with two attached hydrogens (primary N) is 1. The molecular formula is C25H26F2N2O. The maximum Gasteiger partial charge on any atom is 0.130 e. The van der Waals surface area contributed by atoms with Crippen LogP contribution in [-0.4, -0.2) is 13.1 Å². The van der Waals surface area contributed by atoms with E-state index in [9.17, 15) is 8.78 Å². The summed E-state index contributed by atoms with van der Waals surface area (Å²) in [6.45, 7) is 1.21. The molecule has 156 valence electrons. The maximum atomic E-state index is 13.6. The van der Waals surface area contributed by atoms with E-state index in [4.69, 9.17) is 10.5 Å². The van der Waals surface area contributed by atoms with Gasteiger partial charge in [-0.15, -0.1) is 0 Å². The minimum Gasteiger partial charge on any atom is -0.457 e. The summed E-state index contributed by atoms with van der Waals surface area (Å²) in [5, 5.41) is 3.59. The Morgan fingerprint density at radius 2 is 1.77 bits per heavy atom. The van der Waals surface area contributed by atoms with Crippen molar-refractivity contribution in [3.8, 4) is 11.5 Å². The van der Waals surface area contributed by atoms with Crippen molar-refractivity contribution in [3.05, 3.63) is 94.6 Å². The monoisotopic (exact) mass is 408 g/mol. The fourth-order valence-corrected chi connectivity index (χ4v) is 4.13. The highest BCUT2D eigenvalue weighted by Crippen LogP contribution is 2.39. The minimum absolute atomic E-state index is 0.199. The molecule has 0 aliphatic heterocycles. The van der Waals surface area contributed by atoms with Crippen LogP contribution in [0.25, 0.3) is 0 Å². The predicted octanol–water partition coefficient (Wildman–Crippen LogP) is 5.08. The number of hydrogen-bond acceptors (Lipinski definition) is 3. The molecule has 3 N–H and O–H groups in total. The van der Waals surface area contributed by atoms with Crippen molar-refractivity contribution < 1.29 is 13.5 Å². The fraction of sp³-hybridized carbons (Fsp3) is 0.280. The van der Waals surface area contributed by atoms with Gasteiger partial charge in [-0.05, 0) is 97.4 Å². The molecule has 5 heteroatoms. The van der Waals surface area contributed by atoms with Gasteiger partial charge in [-0.1, -0.05) is 24.3 Å². The highest BCUT2D eigenvalue weighted by molar-refractivity contribution is 5.48. The Morgan fingerprint density at radius 1 is 0.933 bits per heavy atom. The molecule has 3 aromatic carbocycles. The molecule has 1 aliphatic carbocycles. The second-order valence-electron chi connectivity index (χ2n) is 7.64. The van der Waals surface area contributed by atoms with Crippen LogP contribution in [0.3, 0.4) is 0 Å². The van der Waals surface area contributed by atoms with E-state index < -0.39 is 0 Å². The normalized spacial score (nSPS) is 15.2. The van der Waals surface area contributed by atoms with Crippen molar-refractivity contribution in [3.63, 3.8) is 0 Å². The van der Waals surface area contributed by atoms with Crippen LogP contribution in [0.5, 0.6) is 11.5 Å². The Labute approximate surface area is 175 Å². The average molecular weight is 408 g/mol. The molecule has 0 saturated heterocycles. The van der Waals surface area contributed by atoms with Gasteiger partial charge in [0.1, 0.15) is 23.1 Å². The molecule has 1 atom stereocenters. The van der Waals surface area contributed by atoms with E-state index in [1.54, 1.807) is 18.2 Å². The second kappa shape index (κ2) is 9.37. The molecule has 0 fully saturated rings. The molecule has 0 amide bonds. The molecule has 0 spiro atoms. The fourth-order valence-electron chi connectivity index (χ4n) is 4.13. The van der Waals surface area contributed by atoms with Crippen LogP contribution in [0.4, 0.5) is 8.78 Å². The summed E-state index contributed by atoms with van der Waals surface area (Å²) < 4.78 is 33.2. The largest absolute Gasteiger partial charge is 0.457 e. The van der Waals surface area contributed by atoms with Gasteiger partial charge in [-0.25, -0.2) is 8.78 Å². The van der Waals surface area contributed by atoms with E-state index >= 15 is 0 Å². The van der Waals surface area contributed by atoms with Gasteiger partial charge in [0.2, 0.25) is 0 Å². The predicted molar refractivity (Wildman–Crippen MR) is 115 cm³/mol. The van der Waals surface area contributed by atoms with Crippen molar-refractivity contribution in [2.45, 2.75) is 31.7 Å². The molecule has 1 unspecified atom stereocenters. The van der Waals surface area contributed by atoms with Gasteiger partial charge in [0, 0.05) is 6.04 Å². The Bertz CT molecular complexity index is 1020. The van der Waals surface area contributed by atoms with Crippen molar-refractivity contribution in [1.82, 2.24) is 5.32 Å². The Hall–Kier alpha value is -2.76. The molecule has 0 heterocycles. The van der Waals surface area contributed by atoms with E-state index in [0.717, 1.165) is 42.7 Å². The van der Waals surface area contributed by atoms with Crippen molar-refractivity contribution in [1.29, 1.82) is 0 Å². The Balaban J connectivity index is 1.46. The standard InChI is InChI=1S/C25H26F2N2O/c26-19-4-1-3-17(15-19)12-14-29-23-9-8-22-21(23)5-2-6-25(22)30-24-10-7-20(27)16-18(24)11-13-28/h1-7,10,15-16,23,29H,8-9,11-14,28H2. The van der Waals surface area contributed by atoms with E-state index in [2.05, 4.69) is 11.4 Å². The van der Waals surface area contributed by atoms with Crippen molar-refractivity contribution in [2.75, 3.05) is 13.1 Å². The van der Waals surface area contributed by atoms with E-state index in [1.807, 2.05) is 18.2 Å². The number of nitrogens with one attached hydrogen (secondary N) is 1. The Kier molecular flexibility index (Phi) is 6.41. The second-order valence-corrected chi connectivity index (χ2v) is 7.64. The first-order valence-electron chi connectivity index (χ1n) is 10.4. The molecule has 0 bridgehead atoms. The first-order valence-corrected chi connectivity index (χ1v) is 10.4.